The summed E-state index contributed by atoms with van der Waals surface area (Å²) in [6, 6.07) is 12.0. The van der Waals surface area contributed by atoms with Crippen LogP contribution in [0.25, 0.3) is 6.08 Å². The van der Waals surface area contributed by atoms with Crippen LogP contribution in [0.5, 0.6) is 11.5 Å². The predicted molar refractivity (Wildman–Crippen MR) is 136 cm³/mol. The second-order valence-corrected chi connectivity index (χ2v) is 9.55. The largest absolute Gasteiger partial charge is 0.508 e. The van der Waals surface area contributed by atoms with Gasteiger partial charge in [0.1, 0.15) is 11.5 Å². The first-order valence-electron chi connectivity index (χ1n) is 12.0. The van der Waals surface area contributed by atoms with Crippen LogP contribution in [-0.4, -0.2) is 12.2 Å². The van der Waals surface area contributed by atoms with Crippen molar-refractivity contribution in [1.29, 1.82) is 0 Å². The number of aryl methyl sites for hydroxylation is 1. The first-order valence-corrected chi connectivity index (χ1v) is 12.0. The van der Waals surface area contributed by atoms with Crippen LogP contribution in [0.1, 0.15) is 68.6 Å². The zero-order chi connectivity index (χ0) is 22.9. The Morgan fingerprint density at radius 3 is 2.66 bits per heavy atom. The summed E-state index contributed by atoms with van der Waals surface area (Å²) in [5.74, 6) is 2.77. The summed E-state index contributed by atoms with van der Waals surface area (Å²) in [4.78, 5) is 0. The highest BCUT2D eigenvalue weighted by molar-refractivity contribution is 5.59. The van der Waals surface area contributed by atoms with E-state index >= 15 is 0 Å². The van der Waals surface area contributed by atoms with E-state index < -0.39 is 0 Å². The van der Waals surface area contributed by atoms with Crippen molar-refractivity contribution >= 4 is 11.8 Å². The zero-order valence-corrected chi connectivity index (χ0v) is 19.8. The molecule has 0 aliphatic heterocycles. The van der Waals surface area contributed by atoms with Crippen molar-refractivity contribution in [1.82, 2.24) is 0 Å². The number of phenolic OH excluding ortho intramolecular Hbond substituents is 1. The Hall–Kier alpha value is -2.68. The maximum absolute atomic E-state index is 10.4. The van der Waals surface area contributed by atoms with E-state index in [1.165, 1.54) is 38.5 Å². The molecule has 0 saturated heterocycles. The molecule has 1 aliphatic carbocycles. The number of aromatic hydroxyl groups is 1. The third-order valence-corrected chi connectivity index (χ3v) is 6.65. The molecule has 0 heterocycles. The number of hydrogen-bond donors (Lipinski definition) is 2. The Kier molecular flexibility index (Phi) is 8.84. The van der Waals surface area contributed by atoms with Crippen molar-refractivity contribution in [3.63, 3.8) is 0 Å². The van der Waals surface area contributed by atoms with Crippen molar-refractivity contribution in [2.45, 2.75) is 64.7 Å². The first-order chi connectivity index (χ1) is 15.4. The molecule has 3 heteroatoms. The number of methoxy groups -OCH3 is 1. The fourth-order valence-electron chi connectivity index (χ4n) is 4.88. The molecule has 2 aromatic rings. The van der Waals surface area contributed by atoms with Gasteiger partial charge in [0.15, 0.2) is 0 Å². The smallest absolute Gasteiger partial charge is 0.121 e. The average molecular weight is 434 g/mol. The molecular formula is C29H39NO2. The SMILES string of the molecule is C=C(C)Cc1ccc(CCC2CCCC(CC=Cc3cc(N)cc(OC)c3)CC2)c(O)c1. The Morgan fingerprint density at radius 1 is 1.12 bits per heavy atom. The molecule has 3 N–H and O–H groups in total. The molecular weight excluding hydrogens is 394 g/mol. The third-order valence-electron chi connectivity index (χ3n) is 6.65. The molecule has 0 aromatic heterocycles. The van der Waals surface area contributed by atoms with E-state index in [1.807, 2.05) is 31.2 Å². The van der Waals surface area contributed by atoms with Crippen LogP contribution >= 0.6 is 0 Å². The van der Waals surface area contributed by atoms with Crippen LogP contribution in [0.2, 0.25) is 0 Å². The number of allylic oxidation sites excluding steroid dienone is 2. The maximum atomic E-state index is 10.4. The number of anilines is 1. The second kappa shape index (κ2) is 11.8. The summed E-state index contributed by atoms with van der Waals surface area (Å²) >= 11 is 0. The standard InChI is InChI=1S/C29H39NO2/c1-21(2)16-25-13-15-26(29(31)19-25)14-12-23-8-4-6-22(10-11-23)7-5-9-24-17-27(30)20-28(18-24)32-3/h5,9,13,15,17-20,22-23,31H,1,4,6-8,10-12,14,16,30H2,2-3H3. The molecule has 0 radical (unpaired) electrons. The summed E-state index contributed by atoms with van der Waals surface area (Å²) in [5, 5.41) is 10.4. The molecule has 32 heavy (non-hydrogen) atoms. The fraction of sp³-hybridized carbons (Fsp3) is 0.448. The number of nitrogens with two attached hydrogens (primary N) is 1. The molecule has 2 atom stereocenters. The minimum atomic E-state index is 0.443. The van der Waals surface area contributed by atoms with Gasteiger partial charge in [0.25, 0.3) is 0 Å². The van der Waals surface area contributed by atoms with Gasteiger partial charge in [-0.15, -0.1) is 0 Å². The van der Waals surface area contributed by atoms with Crippen molar-refractivity contribution < 1.29 is 9.84 Å². The minimum absolute atomic E-state index is 0.443. The summed E-state index contributed by atoms with van der Waals surface area (Å²) in [6.07, 6.45) is 15.0. The quantitative estimate of drug-likeness (QED) is 0.247. The van der Waals surface area contributed by atoms with E-state index in [1.54, 1.807) is 7.11 Å². The monoisotopic (exact) mass is 433 g/mol. The molecule has 0 bridgehead atoms. The second-order valence-electron chi connectivity index (χ2n) is 9.55. The van der Waals surface area contributed by atoms with E-state index in [9.17, 15) is 5.11 Å². The Bertz CT molecular complexity index is 931. The molecule has 0 spiro atoms. The number of nitrogen functional groups attached to an aromatic ring is 1. The summed E-state index contributed by atoms with van der Waals surface area (Å²) in [5.41, 5.74) is 11.1. The van der Waals surface area contributed by atoms with E-state index in [4.69, 9.17) is 10.5 Å². The molecule has 1 aliphatic rings. The maximum Gasteiger partial charge on any atom is 0.121 e. The highest BCUT2D eigenvalue weighted by Gasteiger charge is 2.18. The molecule has 172 valence electrons. The molecule has 0 amide bonds. The van der Waals surface area contributed by atoms with Gasteiger partial charge in [-0.2, -0.15) is 0 Å². The normalized spacial score (nSPS) is 19.1. The van der Waals surface area contributed by atoms with Gasteiger partial charge >= 0.3 is 0 Å². The number of phenols is 1. The topological polar surface area (TPSA) is 55.5 Å². The average Bonchev–Trinajstić information content (AvgIpc) is 2.97. The molecule has 1 saturated carbocycles. The summed E-state index contributed by atoms with van der Waals surface area (Å²) in [6.45, 7) is 5.99. The van der Waals surface area contributed by atoms with E-state index in [2.05, 4.69) is 30.9 Å². The van der Waals surface area contributed by atoms with Crippen LogP contribution in [-0.2, 0) is 12.8 Å². The Morgan fingerprint density at radius 2 is 1.91 bits per heavy atom. The number of ether oxygens (including phenoxy) is 1. The van der Waals surface area contributed by atoms with Crippen LogP contribution in [0, 0.1) is 11.8 Å². The first kappa shape index (κ1) is 24.0. The van der Waals surface area contributed by atoms with Crippen molar-refractivity contribution in [2.75, 3.05) is 12.8 Å². The van der Waals surface area contributed by atoms with Crippen LogP contribution in [0.15, 0.2) is 54.6 Å². The van der Waals surface area contributed by atoms with Crippen molar-refractivity contribution in [3.8, 4) is 11.5 Å². The lowest BCUT2D eigenvalue weighted by Gasteiger charge is -2.15. The Balaban J connectivity index is 1.46. The molecule has 3 nitrogen and oxygen atoms in total. The number of hydrogen-bond acceptors (Lipinski definition) is 3. The lowest BCUT2D eigenvalue weighted by atomic mass is 9.91. The summed E-state index contributed by atoms with van der Waals surface area (Å²) < 4.78 is 5.31. The van der Waals surface area contributed by atoms with E-state index in [-0.39, 0.29) is 0 Å². The van der Waals surface area contributed by atoms with Crippen LogP contribution in [0.3, 0.4) is 0 Å². The van der Waals surface area contributed by atoms with Gasteiger partial charge in [0, 0.05) is 11.8 Å². The number of benzene rings is 2. The molecule has 2 aromatic carbocycles. The van der Waals surface area contributed by atoms with Crippen LogP contribution < -0.4 is 10.5 Å². The van der Waals surface area contributed by atoms with Gasteiger partial charge in [-0.25, -0.2) is 0 Å². The third kappa shape index (κ3) is 7.47. The zero-order valence-electron chi connectivity index (χ0n) is 19.8. The predicted octanol–water partition coefficient (Wildman–Crippen LogP) is 7.33. The van der Waals surface area contributed by atoms with Crippen molar-refractivity contribution in [2.24, 2.45) is 11.8 Å². The van der Waals surface area contributed by atoms with Crippen molar-refractivity contribution in [3.05, 3.63) is 71.3 Å². The fourth-order valence-corrected chi connectivity index (χ4v) is 4.88. The minimum Gasteiger partial charge on any atom is -0.508 e. The molecule has 2 unspecified atom stereocenters. The van der Waals surface area contributed by atoms with Gasteiger partial charge < -0.3 is 15.6 Å². The number of rotatable bonds is 9. The van der Waals surface area contributed by atoms with E-state index in [0.29, 0.717) is 5.75 Å². The van der Waals surface area contributed by atoms with Crippen LogP contribution in [0.4, 0.5) is 5.69 Å². The van der Waals surface area contributed by atoms with E-state index in [0.717, 1.165) is 64.8 Å². The van der Waals surface area contributed by atoms with Gasteiger partial charge in [0.05, 0.1) is 7.11 Å². The Labute approximate surface area is 194 Å². The highest BCUT2D eigenvalue weighted by atomic mass is 16.5. The van der Waals surface area contributed by atoms with Gasteiger partial charge in [-0.3, -0.25) is 0 Å². The molecule has 3 rings (SSSR count). The highest BCUT2D eigenvalue weighted by Crippen LogP contribution is 2.33. The van der Waals surface area contributed by atoms with Gasteiger partial charge in [-0.05, 0) is 85.8 Å². The van der Waals surface area contributed by atoms with Gasteiger partial charge in [0.2, 0.25) is 0 Å². The van der Waals surface area contributed by atoms with Gasteiger partial charge in [-0.1, -0.05) is 62.1 Å². The summed E-state index contributed by atoms with van der Waals surface area (Å²) in [7, 11) is 1.67. The lowest BCUT2D eigenvalue weighted by molar-refractivity contribution is 0.406. The molecule has 1 fully saturated rings. The lowest BCUT2D eigenvalue weighted by Crippen LogP contribution is -2.02.